The number of hydrogen-bond acceptors (Lipinski definition) is 4. The SMILES string of the molecule is Cc1ccc(Nc2nc(NN)c(F)cc2F)cc1. The lowest BCUT2D eigenvalue weighted by atomic mass is 10.2. The quantitative estimate of drug-likeness (QED) is 0.579. The van der Waals surface area contributed by atoms with Gasteiger partial charge >= 0.3 is 0 Å². The van der Waals surface area contributed by atoms with Crippen LogP contribution in [0.15, 0.2) is 30.3 Å². The molecule has 0 aliphatic heterocycles. The predicted octanol–water partition coefficient (Wildman–Crippen LogP) is 2.70. The van der Waals surface area contributed by atoms with Crippen molar-refractivity contribution in [2.24, 2.45) is 5.84 Å². The van der Waals surface area contributed by atoms with Crippen LogP contribution in [0.25, 0.3) is 0 Å². The third kappa shape index (κ3) is 2.54. The second kappa shape index (κ2) is 4.97. The van der Waals surface area contributed by atoms with Gasteiger partial charge in [0.2, 0.25) is 0 Å². The fourth-order valence-electron chi connectivity index (χ4n) is 1.43. The van der Waals surface area contributed by atoms with E-state index in [1.165, 1.54) is 0 Å². The predicted molar refractivity (Wildman–Crippen MR) is 66.4 cm³/mol. The van der Waals surface area contributed by atoms with Crippen LogP contribution in [-0.2, 0) is 0 Å². The summed E-state index contributed by atoms with van der Waals surface area (Å²) >= 11 is 0. The van der Waals surface area contributed by atoms with E-state index in [9.17, 15) is 8.78 Å². The highest BCUT2D eigenvalue weighted by atomic mass is 19.1. The van der Waals surface area contributed by atoms with Gasteiger partial charge < -0.3 is 10.7 Å². The second-order valence-corrected chi connectivity index (χ2v) is 3.78. The first-order valence-electron chi connectivity index (χ1n) is 5.26. The Morgan fingerprint density at radius 2 is 1.67 bits per heavy atom. The highest BCUT2D eigenvalue weighted by Gasteiger charge is 2.11. The highest BCUT2D eigenvalue weighted by Crippen LogP contribution is 2.22. The van der Waals surface area contributed by atoms with Gasteiger partial charge in [-0.25, -0.2) is 19.6 Å². The normalized spacial score (nSPS) is 10.2. The fourth-order valence-corrected chi connectivity index (χ4v) is 1.43. The molecule has 1 aromatic carbocycles. The van der Waals surface area contributed by atoms with Crippen LogP contribution in [-0.4, -0.2) is 4.98 Å². The number of halogens is 2. The van der Waals surface area contributed by atoms with Gasteiger partial charge in [-0.2, -0.15) is 0 Å². The van der Waals surface area contributed by atoms with Gasteiger partial charge in [-0.15, -0.1) is 0 Å². The maximum Gasteiger partial charge on any atom is 0.178 e. The molecule has 18 heavy (non-hydrogen) atoms. The van der Waals surface area contributed by atoms with Crippen molar-refractivity contribution >= 4 is 17.3 Å². The standard InChI is InChI=1S/C12H12F2N4/c1-7-2-4-8(5-3-7)16-11-9(13)6-10(14)12(17-11)18-15/h2-6H,15H2,1H3,(H2,16,17,18). The molecule has 0 bridgehead atoms. The van der Waals surface area contributed by atoms with Gasteiger partial charge in [-0.3, -0.25) is 0 Å². The molecule has 6 heteroatoms. The molecular weight excluding hydrogens is 238 g/mol. The van der Waals surface area contributed by atoms with Crippen molar-refractivity contribution in [2.75, 3.05) is 10.7 Å². The van der Waals surface area contributed by atoms with E-state index in [0.717, 1.165) is 11.6 Å². The van der Waals surface area contributed by atoms with E-state index in [-0.39, 0.29) is 11.6 Å². The maximum absolute atomic E-state index is 13.5. The molecule has 0 amide bonds. The summed E-state index contributed by atoms with van der Waals surface area (Å²) in [7, 11) is 0. The number of aryl methyl sites for hydroxylation is 1. The third-order valence-electron chi connectivity index (χ3n) is 2.38. The topological polar surface area (TPSA) is 63.0 Å². The van der Waals surface area contributed by atoms with E-state index in [1.807, 2.05) is 19.1 Å². The Kier molecular flexibility index (Phi) is 3.38. The summed E-state index contributed by atoms with van der Waals surface area (Å²) in [6.07, 6.45) is 0. The van der Waals surface area contributed by atoms with Crippen LogP contribution in [0, 0.1) is 18.6 Å². The van der Waals surface area contributed by atoms with Crippen molar-refractivity contribution in [3.8, 4) is 0 Å². The Bertz CT molecular complexity index is 555. The van der Waals surface area contributed by atoms with Crippen molar-refractivity contribution in [3.63, 3.8) is 0 Å². The van der Waals surface area contributed by atoms with Gasteiger partial charge in [0, 0.05) is 11.8 Å². The molecule has 0 saturated carbocycles. The van der Waals surface area contributed by atoms with Crippen LogP contribution in [0.4, 0.5) is 26.1 Å². The van der Waals surface area contributed by atoms with E-state index in [1.54, 1.807) is 12.1 Å². The van der Waals surface area contributed by atoms with E-state index < -0.39 is 11.6 Å². The minimum Gasteiger partial charge on any atom is -0.338 e. The third-order valence-corrected chi connectivity index (χ3v) is 2.38. The number of benzene rings is 1. The minimum absolute atomic E-state index is 0.0896. The van der Waals surface area contributed by atoms with Crippen molar-refractivity contribution in [2.45, 2.75) is 6.92 Å². The van der Waals surface area contributed by atoms with Crippen LogP contribution in [0.3, 0.4) is 0 Å². The molecule has 1 heterocycles. The summed E-state index contributed by atoms with van der Waals surface area (Å²) < 4.78 is 26.6. The molecule has 94 valence electrons. The molecule has 2 rings (SSSR count). The number of hydrazine groups is 1. The summed E-state index contributed by atoms with van der Waals surface area (Å²) in [5, 5.41) is 2.75. The summed E-state index contributed by atoms with van der Waals surface area (Å²) in [5.41, 5.74) is 3.80. The number of nitrogen functional groups attached to an aromatic ring is 1. The van der Waals surface area contributed by atoms with E-state index >= 15 is 0 Å². The number of hydrogen-bond donors (Lipinski definition) is 3. The largest absolute Gasteiger partial charge is 0.338 e. The average Bonchev–Trinajstić information content (AvgIpc) is 2.35. The molecule has 0 radical (unpaired) electrons. The second-order valence-electron chi connectivity index (χ2n) is 3.78. The smallest absolute Gasteiger partial charge is 0.178 e. The summed E-state index contributed by atoms with van der Waals surface area (Å²) in [4.78, 5) is 3.71. The molecule has 0 unspecified atom stereocenters. The molecule has 0 atom stereocenters. The van der Waals surface area contributed by atoms with Crippen molar-refractivity contribution in [1.29, 1.82) is 0 Å². The average molecular weight is 250 g/mol. The van der Waals surface area contributed by atoms with Gasteiger partial charge in [-0.1, -0.05) is 17.7 Å². The maximum atomic E-state index is 13.5. The van der Waals surface area contributed by atoms with Crippen molar-refractivity contribution in [3.05, 3.63) is 47.5 Å². The molecule has 2 aromatic rings. The molecule has 0 spiro atoms. The molecule has 1 aromatic heterocycles. The number of rotatable bonds is 3. The zero-order chi connectivity index (χ0) is 13.1. The van der Waals surface area contributed by atoms with Crippen LogP contribution in [0.2, 0.25) is 0 Å². The summed E-state index contributed by atoms with van der Waals surface area (Å²) in [5.74, 6) is 3.15. The van der Waals surface area contributed by atoms with Gasteiger partial charge in [0.25, 0.3) is 0 Å². The van der Waals surface area contributed by atoms with Crippen LogP contribution >= 0.6 is 0 Å². The van der Waals surface area contributed by atoms with Crippen molar-refractivity contribution in [1.82, 2.24) is 4.98 Å². The van der Waals surface area contributed by atoms with Crippen molar-refractivity contribution < 1.29 is 8.78 Å². The van der Waals surface area contributed by atoms with Crippen LogP contribution in [0.1, 0.15) is 5.56 Å². The monoisotopic (exact) mass is 250 g/mol. The fraction of sp³-hybridized carbons (Fsp3) is 0.0833. The number of pyridine rings is 1. The lowest BCUT2D eigenvalue weighted by molar-refractivity contribution is 0.579. The molecule has 4 nitrogen and oxygen atoms in total. The Morgan fingerprint density at radius 1 is 1.06 bits per heavy atom. The Balaban J connectivity index is 2.31. The zero-order valence-corrected chi connectivity index (χ0v) is 9.67. The number of nitrogens with zero attached hydrogens (tertiary/aromatic N) is 1. The highest BCUT2D eigenvalue weighted by molar-refractivity contribution is 5.59. The number of nitrogens with two attached hydrogens (primary N) is 1. The molecule has 4 N–H and O–H groups in total. The minimum atomic E-state index is -0.843. The summed E-state index contributed by atoms with van der Waals surface area (Å²) in [6.45, 7) is 1.94. The van der Waals surface area contributed by atoms with Crippen LogP contribution < -0.4 is 16.6 Å². The Morgan fingerprint density at radius 3 is 2.28 bits per heavy atom. The molecule has 0 saturated heterocycles. The number of nitrogens with one attached hydrogen (secondary N) is 2. The molecular formula is C12H12F2N4. The van der Waals surface area contributed by atoms with Gasteiger partial charge in [0.1, 0.15) is 0 Å². The molecule has 0 fully saturated rings. The lowest BCUT2D eigenvalue weighted by Gasteiger charge is -2.09. The first-order chi connectivity index (χ1) is 8.60. The van der Waals surface area contributed by atoms with E-state index in [4.69, 9.17) is 5.84 Å². The van der Waals surface area contributed by atoms with Gasteiger partial charge in [-0.05, 0) is 19.1 Å². The number of anilines is 3. The van der Waals surface area contributed by atoms with E-state index in [2.05, 4.69) is 15.7 Å². The first-order valence-corrected chi connectivity index (χ1v) is 5.26. The Labute approximate surface area is 103 Å². The van der Waals surface area contributed by atoms with Gasteiger partial charge in [0.15, 0.2) is 23.3 Å². The molecule has 0 aliphatic carbocycles. The zero-order valence-electron chi connectivity index (χ0n) is 9.67. The number of aromatic nitrogens is 1. The Hall–Kier alpha value is -2.21. The lowest BCUT2D eigenvalue weighted by Crippen LogP contribution is -2.12. The summed E-state index contributed by atoms with van der Waals surface area (Å²) in [6, 6.07) is 8.00. The van der Waals surface area contributed by atoms with Crippen LogP contribution in [0.5, 0.6) is 0 Å². The first kappa shape index (κ1) is 12.3. The van der Waals surface area contributed by atoms with E-state index in [0.29, 0.717) is 5.69 Å². The molecule has 0 aliphatic rings. The van der Waals surface area contributed by atoms with Gasteiger partial charge in [0.05, 0.1) is 0 Å².